The van der Waals surface area contributed by atoms with Crippen molar-refractivity contribution >= 4 is 11.7 Å². The largest absolute Gasteiger partial charge is 0.481 e. The summed E-state index contributed by atoms with van der Waals surface area (Å²) in [5.41, 5.74) is 5.22. The van der Waals surface area contributed by atoms with Gasteiger partial charge in [-0.3, -0.25) is 9.59 Å². The SMILES string of the molecule is COc1ccc(C(=O)/C=C/C(N)=O)cn1.[HH]. The van der Waals surface area contributed by atoms with Crippen LogP contribution in [0.2, 0.25) is 0 Å². The average molecular weight is 208 g/mol. The molecule has 0 fully saturated rings. The molecule has 15 heavy (non-hydrogen) atoms. The summed E-state index contributed by atoms with van der Waals surface area (Å²) in [4.78, 5) is 25.6. The van der Waals surface area contributed by atoms with Gasteiger partial charge in [-0.2, -0.15) is 0 Å². The van der Waals surface area contributed by atoms with Gasteiger partial charge < -0.3 is 10.5 Å². The number of ketones is 1. The van der Waals surface area contributed by atoms with Gasteiger partial charge in [0.2, 0.25) is 11.8 Å². The molecule has 0 radical (unpaired) electrons. The average Bonchev–Trinajstić information content (AvgIpc) is 2.26. The molecule has 0 aliphatic rings. The number of nitrogens with two attached hydrogens (primary N) is 1. The highest BCUT2D eigenvalue weighted by atomic mass is 16.5. The third-order valence-electron chi connectivity index (χ3n) is 1.63. The molecule has 0 aliphatic carbocycles. The number of hydrogen-bond donors (Lipinski definition) is 1. The lowest BCUT2D eigenvalue weighted by Gasteiger charge is -1.98. The van der Waals surface area contributed by atoms with Crippen molar-refractivity contribution in [3.05, 3.63) is 36.0 Å². The number of nitrogens with zero attached hydrogens (tertiary/aromatic N) is 1. The first-order valence-corrected chi connectivity index (χ1v) is 4.15. The molecule has 0 spiro atoms. The van der Waals surface area contributed by atoms with Crippen LogP contribution >= 0.6 is 0 Å². The number of primary amides is 1. The van der Waals surface area contributed by atoms with E-state index in [4.69, 9.17) is 10.5 Å². The maximum Gasteiger partial charge on any atom is 0.241 e. The Morgan fingerprint density at radius 1 is 1.47 bits per heavy atom. The van der Waals surface area contributed by atoms with Crippen LogP contribution in [0.4, 0.5) is 0 Å². The third kappa shape index (κ3) is 3.22. The topological polar surface area (TPSA) is 82.3 Å². The van der Waals surface area contributed by atoms with Gasteiger partial charge in [0, 0.05) is 25.3 Å². The molecule has 0 unspecified atom stereocenters. The molecule has 80 valence electrons. The number of allylic oxidation sites excluding steroid dienone is 1. The van der Waals surface area contributed by atoms with Gasteiger partial charge in [0.1, 0.15) is 0 Å². The predicted molar refractivity (Wildman–Crippen MR) is 55.6 cm³/mol. The molecular formula is C10H12N2O3. The molecule has 1 aromatic rings. The predicted octanol–water partition coefficient (Wildman–Crippen LogP) is 0.560. The molecule has 1 aromatic heterocycles. The van der Waals surface area contributed by atoms with Crippen molar-refractivity contribution in [1.29, 1.82) is 0 Å². The summed E-state index contributed by atoms with van der Waals surface area (Å²) in [7, 11) is 1.48. The molecule has 1 heterocycles. The van der Waals surface area contributed by atoms with Gasteiger partial charge in [0.15, 0.2) is 5.78 Å². The van der Waals surface area contributed by atoms with Gasteiger partial charge in [-0.1, -0.05) is 0 Å². The van der Waals surface area contributed by atoms with Crippen LogP contribution in [-0.2, 0) is 4.79 Å². The Labute approximate surface area is 88.0 Å². The van der Waals surface area contributed by atoms with Crippen molar-refractivity contribution in [2.45, 2.75) is 0 Å². The molecule has 5 heteroatoms. The summed E-state index contributed by atoms with van der Waals surface area (Å²) in [5.74, 6) is -0.570. The van der Waals surface area contributed by atoms with E-state index in [1.807, 2.05) is 0 Å². The number of rotatable bonds is 4. The number of ether oxygens (including phenoxy) is 1. The smallest absolute Gasteiger partial charge is 0.241 e. The Hall–Kier alpha value is -2.17. The Morgan fingerprint density at radius 3 is 2.67 bits per heavy atom. The van der Waals surface area contributed by atoms with Crippen LogP contribution < -0.4 is 10.5 Å². The second-order valence-corrected chi connectivity index (χ2v) is 2.69. The summed E-state index contributed by atoms with van der Waals surface area (Å²) in [6.07, 6.45) is 3.48. The second-order valence-electron chi connectivity index (χ2n) is 2.69. The Balaban J connectivity index is 0.00000225. The lowest BCUT2D eigenvalue weighted by molar-refractivity contribution is -0.113. The molecule has 0 aliphatic heterocycles. The van der Waals surface area contributed by atoms with Crippen molar-refractivity contribution in [3.8, 4) is 5.88 Å². The highest BCUT2D eigenvalue weighted by Crippen LogP contribution is 2.07. The zero-order valence-electron chi connectivity index (χ0n) is 8.14. The van der Waals surface area contributed by atoms with Crippen LogP contribution in [0.5, 0.6) is 5.88 Å². The van der Waals surface area contributed by atoms with Gasteiger partial charge in [0.25, 0.3) is 0 Å². The Bertz CT molecular complexity index is 401. The van der Waals surface area contributed by atoms with E-state index < -0.39 is 5.91 Å². The maximum atomic E-state index is 11.4. The standard InChI is InChI=1S/C10H10N2O3.H2/c1-15-10-5-2-7(6-12-10)8(13)3-4-9(11)14;/h2-6H,1H3,(H2,11,14);1H/b4-3+;. The van der Waals surface area contributed by atoms with Crippen LogP contribution in [0.15, 0.2) is 30.5 Å². The molecule has 0 saturated carbocycles. The number of pyridine rings is 1. The molecule has 0 atom stereocenters. The fraction of sp³-hybridized carbons (Fsp3) is 0.100. The number of hydrogen-bond acceptors (Lipinski definition) is 4. The van der Waals surface area contributed by atoms with Gasteiger partial charge >= 0.3 is 0 Å². The van der Waals surface area contributed by atoms with Crippen LogP contribution in [0, 0.1) is 0 Å². The van der Waals surface area contributed by atoms with Crippen LogP contribution in [0.1, 0.15) is 11.8 Å². The van der Waals surface area contributed by atoms with E-state index in [2.05, 4.69) is 4.98 Å². The van der Waals surface area contributed by atoms with E-state index >= 15 is 0 Å². The van der Waals surface area contributed by atoms with Crippen LogP contribution in [0.3, 0.4) is 0 Å². The second kappa shape index (κ2) is 4.90. The monoisotopic (exact) mass is 208 g/mol. The summed E-state index contributed by atoms with van der Waals surface area (Å²) in [6, 6.07) is 3.12. The first kappa shape index (κ1) is 10.9. The Kier molecular flexibility index (Phi) is 3.56. The number of aromatic nitrogens is 1. The molecule has 1 amide bonds. The fourth-order valence-electron chi connectivity index (χ4n) is 0.901. The zero-order valence-corrected chi connectivity index (χ0v) is 8.14. The van der Waals surface area contributed by atoms with Gasteiger partial charge in [-0.05, 0) is 12.1 Å². The molecule has 0 saturated heterocycles. The van der Waals surface area contributed by atoms with Crippen LogP contribution in [-0.4, -0.2) is 23.8 Å². The summed E-state index contributed by atoms with van der Waals surface area (Å²) < 4.78 is 4.83. The number of methoxy groups -OCH3 is 1. The van der Waals surface area contributed by atoms with Gasteiger partial charge in [-0.25, -0.2) is 4.98 Å². The lowest BCUT2D eigenvalue weighted by atomic mass is 10.2. The highest BCUT2D eigenvalue weighted by molar-refractivity contribution is 6.07. The summed E-state index contributed by atoms with van der Waals surface area (Å²) in [5, 5.41) is 0. The molecular weight excluding hydrogens is 196 g/mol. The quantitative estimate of drug-likeness (QED) is 0.579. The van der Waals surface area contributed by atoms with Crippen molar-refractivity contribution in [3.63, 3.8) is 0 Å². The molecule has 2 N–H and O–H groups in total. The van der Waals surface area contributed by atoms with E-state index in [0.29, 0.717) is 11.4 Å². The number of amides is 1. The minimum Gasteiger partial charge on any atom is -0.481 e. The fourth-order valence-corrected chi connectivity index (χ4v) is 0.901. The molecule has 0 aromatic carbocycles. The molecule has 0 bridgehead atoms. The third-order valence-corrected chi connectivity index (χ3v) is 1.63. The number of carbonyl (C=O) groups excluding carboxylic acids is 2. The van der Waals surface area contributed by atoms with Crippen LogP contribution in [0.25, 0.3) is 0 Å². The molecule has 1 rings (SSSR count). The van der Waals surface area contributed by atoms with E-state index in [1.54, 1.807) is 12.1 Å². The lowest BCUT2D eigenvalue weighted by Crippen LogP contribution is -2.07. The first-order chi connectivity index (χ1) is 7.13. The van der Waals surface area contributed by atoms with Crippen molar-refractivity contribution in [2.75, 3.05) is 7.11 Å². The van der Waals surface area contributed by atoms with Crippen molar-refractivity contribution in [2.24, 2.45) is 5.73 Å². The zero-order chi connectivity index (χ0) is 11.3. The minimum absolute atomic E-state index is 0. The van der Waals surface area contributed by atoms with E-state index in [0.717, 1.165) is 12.2 Å². The van der Waals surface area contributed by atoms with Gasteiger partial charge in [-0.15, -0.1) is 0 Å². The Morgan fingerprint density at radius 2 is 2.20 bits per heavy atom. The van der Waals surface area contributed by atoms with Crippen molar-refractivity contribution < 1.29 is 15.8 Å². The molecule has 5 nitrogen and oxygen atoms in total. The summed E-state index contributed by atoms with van der Waals surface area (Å²) in [6.45, 7) is 0. The first-order valence-electron chi connectivity index (χ1n) is 4.15. The van der Waals surface area contributed by atoms with Crippen molar-refractivity contribution in [1.82, 2.24) is 4.98 Å². The number of carbonyl (C=O) groups is 2. The normalized spacial score (nSPS) is 10.2. The van der Waals surface area contributed by atoms with Gasteiger partial charge in [0.05, 0.1) is 7.11 Å². The summed E-state index contributed by atoms with van der Waals surface area (Å²) >= 11 is 0. The van der Waals surface area contributed by atoms with E-state index in [-0.39, 0.29) is 7.21 Å². The minimum atomic E-state index is -0.662. The highest BCUT2D eigenvalue weighted by Gasteiger charge is 2.02. The van der Waals surface area contributed by atoms with E-state index in [9.17, 15) is 9.59 Å². The maximum absolute atomic E-state index is 11.4. The van der Waals surface area contributed by atoms with E-state index in [1.165, 1.54) is 13.3 Å².